The smallest absolute Gasteiger partial charge is 0.323 e. The van der Waals surface area contributed by atoms with E-state index in [0.717, 1.165) is 23.4 Å². The van der Waals surface area contributed by atoms with Crippen LogP contribution in [0, 0.1) is 0 Å². The Kier molecular flexibility index (Phi) is 9.94. The van der Waals surface area contributed by atoms with Crippen LogP contribution in [0.25, 0.3) is 16.9 Å². The van der Waals surface area contributed by atoms with Crippen LogP contribution in [0.2, 0.25) is 10.0 Å². The number of rotatable bonds is 12. The number of nitrogens with one attached hydrogen (secondary N) is 1. The number of amides is 1. The summed E-state index contributed by atoms with van der Waals surface area (Å²) in [4.78, 5) is 13.2. The molecule has 0 unspecified atom stereocenters. The lowest BCUT2D eigenvalue weighted by Gasteiger charge is -2.19. The zero-order valence-corrected chi connectivity index (χ0v) is 24.7. The minimum Gasteiger partial charge on any atom is -0.494 e. The highest BCUT2D eigenvalue weighted by atomic mass is 35.5. The van der Waals surface area contributed by atoms with Gasteiger partial charge in [-0.2, -0.15) is 10.2 Å². The Balaban J connectivity index is 1.38. The van der Waals surface area contributed by atoms with E-state index < -0.39 is 12.2 Å². The van der Waals surface area contributed by atoms with Gasteiger partial charge in [-0.15, -0.1) is 0 Å². The molecule has 1 amide bonds. The van der Waals surface area contributed by atoms with Gasteiger partial charge in [0.25, 0.3) is 0 Å². The molecular formula is C33H28Cl2N4O4. The molecule has 43 heavy (non-hydrogen) atoms. The maximum atomic E-state index is 13.2. The molecule has 4 aromatic carbocycles. The second kappa shape index (κ2) is 14.4. The summed E-state index contributed by atoms with van der Waals surface area (Å²) in [6, 6.07) is 30.6. The molecule has 1 heterocycles. The average Bonchev–Trinajstić information content (AvgIpc) is 3.46. The molecular weight excluding hydrogens is 587 g/mol. The Morgan fingerprint density at radius 2 is 1.44 bits per heavy atom. The third-order valence-electron chi connectivity index (χ3n) is 6.07. The van der Waals surface area contributed by atoms with Crippen LogP contribution in [0.1, 0.15) is 18.9 Å². The van der Waals surface area contributed by atoms with Crippen molar-refractivity contribution in [1.29, 1.82) is 0 Å². The highest BCUT2D eigenvalue weighted by Gasteiger charge is 2.23. The van der Waals surface area contributed by atoms with Crippen molar-refractivity contribution in [2.45, 2.75) is 19.6 Å². The molecule has 5 rings (SSSR count). The highest BCUT2D eigenvalue weighted by Crippen LogP contribution is 2.25. The minimum atomic E-state index is -1.36. The first kappa shape index (κ1) is 29.7. The van der Waals surface area contributed by atoms with Crippen molar-refractivity contribution in [3.05, 3.63) is 125 Å². The van der Waals surface area contributed by atoms with Crippen LogP contribution in [0.5, 0.6) is 17.2 Å². The number of nitrogens with zero attached hydrogens (tertiary/aromatic N) is 3. The second-order valence-corrected chi connectivity index (χ2v) is 10.2. The van der Waals surface area contributed by atoms with Gasteiger partial charge >= 0.3 is 12.2 Å². The standard InChI is InChI=1S/C33H28Cl2N4O4/c1-2-20-41-28-14-8-23(9-15-28)31-24(22-39(38-31)27-6-4-3-5-7-27)21-36-37-32(40)33(42-29-16-10-25(34)11-17-29)43-30-18-12-26(35)13-19-30/h3-19,21-22,33H,2,20H2,1H3,(H,37,40)/b36-21+. The van der Waals surface area contributed by atoms with E-state index in [0.29, 0.717) is 39.4 Å². The number of halogens is 2. The number of hydrazone groups is 1. The molecule has 5 aromatic rings. The number of aromatic nitrogens is 2. The monoisotopic (exact) mass is 614 g/mol. The van der Waals surface area contributed by atoms with Crippen LogP contribution in [-0.2, 0) is 4.79 Å². The maximum absolute atomic E-state index is 13.2. The summed E-state index contributed by atoms with van der Waals surface area (Å²) in [6.45, 7) is 2.70. The zero-order chi connectivity index (χ0) is 30.0. The molecule has 0 aliphatic heterocycles. The number of carbonyl (C=O) groups is 1. The maximum Gasteiger partial charge on any atom is 0.323 e. The Morgan fingerprint density at radius 3 is 2.02 bits per heavy atom. The van der Waals surface area contributed by atoms with Gasteiger partial charge in [-0.05, 0) is 91.3 Å². The summed E-state index contributed by atoms with van der Waals surface area (Å²) in [7, 11) is 0. The van der Waals surface area contributed by atoms with Crippen molar-refractivity contribution in [3.63, 3.8) is 0 Å². The van der Waals surface area contributed by atoms with Crippen molar-refractivity contribution in [2.75, 3.05) is 6.61 Å². The predicted molar refractivity (Wildman–Crippen MR) is 168 cm³/mol. The first-order valence-corrected chi connectivity index (χ1v) is 14.3. The fraction of sp³-hybridized carbons (Fsp3) is 0.121. The SMILES string of the molecule is CCCOc1ccc(-c2nn(-c3ccccc3)cc2/C=N/NC(=O)C(Oc2ccc(Cl)cc2)Oc2ccc(Cl)cc2)cc1. The van der Waals surface area contributed by atoms with Gasteiger partial charge in [0.15, 0.2) is 0 Å². The Morgan fingerprint density at radius 1 is 0.860 bits per heavy atom. The molecule has 0 fully saturated rings. The minimum absolute atomic E-state index is 0.389. The summed E-state index contributed by atoms with van der Waals surface area (Å²) >= 11 is 12.0. The van der Waals surface area contributed by atoms with E-state index >= 15 is 0 Å². The largest absolute Gasteiger partial charge is 0.494 e. The van der Waals surface area contributed by atoms with Crippen LogP contribution >= 0.6 is 23.2 Å². The number of benzene rings is 4. The predicted octanol–water partition coefficient (Wildman–Crippen LogP) is 7.57. The molecule has 0 bridgehead atoms. The molecule has 0 spiro atoms. The average molecular weight is 616 g/mol. The van der Waals surface area contributed by atoms with E-state index in [1.165, 1.54) is 6.21 Å². The first-order chi connectivity index (χ1) is 21.0. The number of hydrogen-bond acceptors (Lipinski definition) is 6. The lowest BCUT2D eigenvalue weighted by molar-refractivity contribution is -0.140. The number of para-hydroxylation sites is 1. The molecule has 1 N–H and O–H groups in total. The number of ether oxygens (including phenoxy) is 3. The van der Waals surface area contributed by atoms with Gasteiger partial charge in [-0.3, -0.25) is 4.79 Å². The fourth-order valence-electron chi connectivity index (χ4n) is 3.97. The zero-order valence-electron chi connectivity index (χ0n) is 23.2. The summed E-state index contributed by atoms with van der Waals surface area (Å²) in [5.74, 6) is 0.930. The molecule has 0 saturated heterocycles. The van der Waals surface area contributed by atoms with Crippen LogP contribution in [0.3, 0.4) is 0 Å². The Hall–Kier alpha value is -4.79. The van der Waals surface area contributed by atoms with Crippen LogP contribution in [-0.4, -0.2) is 34.8 Å². The first-order valence-electron chi connectivity index (χ1n) is 13.5. The lowest BCUT2D eigenvalue weighted by Crippen LogP contribution is -2.40. The van der Waals surface area contributed by atoms with E-state index in [9.17, 15) is 4.79 Å². The topological polar surface area (TPSA) is 87.0 Å². The fourth-order valence-corrected chi connectivity index (χ4v) is 4.22. The molecule has 10 heteroatoms. The van der Waals surface area contributed by atoms with Crippen molar-refractivity contribution in [1.82, 2.24) is 15.2 Å². The third kappa shape index (κ3) is 8.16. The molecule has 218 valence electrons. The second-order valence-electron chi connectivity index (χ2n) is 9.30. The molecule has 1 aromatic heterocycles. The molecule has 0 atom stereocenters. The molecule has 8 nitrogen and oxygen atoms in total. The molecule has 0 radical (unpaired) electrons. The normalized spacial score (nSPS) is 11.1. The highest BCUT2D eigenvalue weighted by molar-refractivity contribution is 6.30. The van der Waals surface area contributed by atoms with Crippen molar-refractivity contribution < 1.29 is 19.0 Å². The number of hydrogen-bond donors (Lipinski definition) is 1. The van der Waals surface area contributed by atoms with Gasteiger partial charge in [-0.1, -0.05) is 48.3 Å². The van der Waals surface area contributed by atoms with Crippen molar-refractivity contribution in [2.24, 2.45) is 5.10 Å². The van der Waals surface area contributed by atoms with Gasteiger partial charge < -0.3 is 14.2 Å². The summed E-state index contributed by atoms with van der Waals surface area (Å²) in [5.41, 5.74) is 5.62. The molecule has 0 saturated carbocycles. The van der Waals surface area contributed by atoms with Gasteiger partial charge in [-0.25, -0.2) is 10.1 Å². The summed E-state index contributed by atoms with van der Waals surface area (Å²) in [5, 5.41) is 10.1. The van der Waals surface area contributed by atoms with E-state index in [1.807, 2.05) is 60.8 Å². The summed E-state index contributed by atoms with van der Waals surface area (Å²) < 4.78 is 19.2. The Bertz CT molecular complexity index is 1610. The van der Waals surface area contributed by atoms with Gasteiger partial charge in [0.1, 0.15) is 22.9 Å². The third-order valence-corrected chi connectivity index (χ3v) is 6.57. The van der Waals surface area contributed by atoms with Gasteiger partial charge in [0, 0.05) is 27.4 Å². The van der Waals surface area contributed by atoms with Gasteiger partial charge in [0.2, 0.25) is 0 Å². The lowest BCUT2D eigenvalue weighted by atomic mass is 10.1. The van der Waals surface area contributed by atoms with Crippen molar-refractivity contribution in [3.8, 4) is 34.2 Å². The van der Waals surface area contributed by atoms with Crippen LogP contribution in [0.4, 0.5) is 0 Å². The van der Waals surface area contributed by atoms with Crippen LogP contribution < -0.4 is 19.6 Å². The van der Waals surface area contributed by atoms with Crippen molar-refractivity contribution >= 4 is 35.3 Å². The quantitative estimate of drug-likeness (QED) is 0.0889. The van der Waals surface area contributed by atoms with E-state index in [4.69, 9.17) is 42.5 Å². The number of carbonyl (C=O) groups excluding carboxylic acids is 1. The summed E-state index contributed by atoms with van der Waals surface area (Å²) in [6.07, 6.45) is 2.93. The Labute approximate surface area is 259 Å². The molecule has 0 aliphatic carbocycles. The van der Waals surface area contributed by atoms with E-state index in [1.54, 1.807) is 53.2 Å². The van der Waals surface area contributed by atoms with E-state index in [2.05, 4.69) is 17.5 Å². The van der Waals surface area contributed by atoms with Crippen LogP contribution in [0.15, 0.2) is 114 Å². The van der Waals surface area contributed by atoms with E-state index in [-0.39, 0.29) is 0 Å². The molecule has 0 aliphatic rings. The van der Waals surface area contributed by atoms with Gasteiger partial charge in [0.05, 0.1) is 18.5 Å².